The SMILES string of the molecule is C=CCONC(=O)[C@@H](C)OC(/C=C\COc1cnc2cc(O)ccc2n1)=C/CC. The van der Waals surface area contributed by atoms with Crippen LogP contribution in [0.15, 0.2) is 61.0 Å². The van der Waals surface area contributed by atoms with Gasteiger partial charge >= 0.3 is 0 Å². The van der Waals surface area contributed by atoms with Crippen LogP contribution in [0.25, 0.3) is 11.0 Å². The summed E-state index contributed by atoms with van der Waals surface area (Å²) in [7, 11) is 0. The number of phenols is 1. The van der Waals surface area contributed by atoms with Gasteiger partial charge in [0.25, 0.3) is 5.91 Å². The molecular formula is C21H25N3O5. The first-order valence-corrected chi connectivity index (χ1v) is 9.18. The lowest BCUT2D eigenvalue weighted by molar-refractivity contribution is -0.141. The van der Waals surface area contributed by atoms with Gasteiger partial charge < -0.3 is 14.6 Å². The molecule has 0 radical (unpaired) electrons. The Hall–Kier alpha value is -3.39. The molecule has 0 fully saturated rings. The van der Waals surface area contributed by atoms with Gasteiger partial charge in [-0.1, -0.05) is 13.0 Å². The monoisotopic (exact) mass is 399 g/mol. The average molecular weight is 399 g/mol. The highest BCUT2D eigenvalue weighted by Gasteiger charge is 2.14. The Balaban J connectivity index is 1.88. The number of aromatic hydroxyl groups is 1. The van der Waals surface area contributed by atoms with Gasteiger partial charge in [0.15, 0.2) is 6.10 Å². The molecule has 29 heavy (non-hydrogen) atoms. The van der Waals surface area contributed by atoms with Crippen LogP contribution < -0.4 is 10.2 Å². The van der Waals surface area contributed by atoms with Crippen molar-refractivity contribution in [2.24, 2.45) is 0 Å². The fourth-order valence-corrected chi connectivity index (χ4v) is 2.22. The predicted octanol–water partition coefficient (Wildman–Crippen LogP) is 3.20. The molecule has 2 aromatic rings. The van der Waals surface area contributed by atoms with Gasteiger partial charge in [-0.3, -0.25) is 9.63 Å². The van der Waals surface area contributed by atoms with Gasteiger partial charge in [0.1, 0.15) is 18.1 Å². The number of ether oxygens (including phenoxy) is 2. The highest BCUT2D eigenvalue weighted by atomic mass is 16.7. The van der Waals surface area contributed by atoms with E-state index in [1.165, 1.54) is 18.3 Å². The second-order valence-electron chi connectivity index (χ2n) is 5.94. The van der Waals surface area contributed by atoms with Gasteiger partial charge in [-0.25, -0.2) is 15.4 Å². The lowest BCUT2D eigenvalue weighted by atomic mass is 10.3. The largest absolute Gasteiger partial charge is 0.508 e. The van der Waals surface area contributed by atoms with Crippen molar-refractivity contribution in [1.82, 2.24) is 15.4 Å². The fraction of sp³-hybridized carbons (Fsp3) is 0.286. The molecule has 0 saturated heterocycles. The number of hydroxylamine groups is 1. The summed E-state index contributed by atoms with van der Waals surface area (Å²) in [6.45, 7) is 7.55. The number of aromatic nitrogens is 2. The maximum Gasteiger partial charge on any atom is 0.284 e. The first-order chi connectivity index (χ1) is 14.0. The lowest BCUT2D eigenvalue weighted by Gasteiger charge is -2.15. The van der Waals surface area contributed by atoms with Crippen molar-refractivity contribution in [2.45, 2.75) is 26.4 Å². The summed E-state index contributed by atoms with van der Waals surface area (Å²) in [4.78, 5) is 25.3. The van der Waals surface area contributed by atoms with Crippen molar-refractivity contribution in [3.8, 4) is 11.6 Å². The van der Waals surface area contributed by atoms with E-state index in [2.05, 4.69) is 22.0 Å². The molecule has 1 aromatic carbocycles. The first-order valence-electron chi connectivity index (χ1n) is 9.18. The van der Waals surface area contributed by atoms with Crippen LogP contribution in [-0.2, 0) is 14.4 Å². The molecule has 0 bridgehead atoms. The number of nitrogens with zero attached hydrogens (tertiary/aromatic N) is 2. The lowest BCUT2D eigenvalue weighted by Crippen LogP contribution is -2.34. The molecular weight excluding hydrogens is 374 g/mol. The zero-order chi connectivity index (χ0) is 21.1. The summed E-state index contributed by atoms with van der Waals surface area (Å²) in [5.74, 6) is 0.647. The van der Waals surface area contributed by atoms with E-state index in [9.17, 15) is 9.90 Å². The molecule has 8 heteroatoms. The number of rotatable bonds is 11. The van der Waals surface area contributed by atoms with Crippen molar-refractivity contribution in [3.63, 3.8) is 0 Å². The third kappa shape index (κ3) is 7.27. The summed E-state index contributed by atoms with van der Waals surface area (Å²) >= 11 is 0. The van der Waals surface area contributed by atoms with Gasteiger partial charge in [0.2, 0.25) is 5.88 Å². The standard InChI is InChI=1S/C21H25N3O5/c1-4-7-17(29-15(3)21(26)24-28-11-5-2)8-6-12-27-20-14-22-19-13-16(25)9-10-18(19)23-20/h5-10,13-15,25H,2,4,11-12H2,1,3H3,(H,24,26)/b8-6-,17-7+/t15-/m1/s1. The Morgan fingerprint density at radius 1 is 1.34 bits per heavy atom. The Morgan fingerprint density at radius 3 is 2.93 bits per heavy atom. The van der Waals surface area contributed by atoms with Crippen LogP contribution >= 0.6 is 0 Å². The van der Waals surface area contributed by atoms with Crippen LogP contribution in [0.4, 0.5) is 0 Å². The van der Waals surface area contributed by atoms with Crippen molar-refractivity contribution in [3.05, 3.63) is 61.0 Å². The van der Waals surface area contributed by atoms with Crippen molar-refractivity contribution < 1.29 is 24.2 Å². The Kier molecular flexibility index (Phi) is 8.65. The Labute approximate surface area is 169 Å². The van der Waals surface area contributed by atoms with Crippen LogP contribution in [0.1, 0.15) is 20.3 Å². The molecule has 2 N–H and O–H groups in total. The molecule has 2 rings (SSSR count). The van der Waals surface area contributed by atoms with E-state index in [4.69, 9.17) is 14.3 Å². The molecule has 8 nitrogen and oxygen atoms in total. The number of amides is 1. The van der Waals surface area contributed by atoms with Crippen molar-refractivity contribution in [1.29, 1.82) is 0 Å². The minimum absolute atomic E-state index is 0.133. The van der Waals surface area contributed by atoms with Crippen LogP contribution in [0, 0.1) is 0 Å². The molecule has 0 aliphatic carbocycles. The summed E-state index contributed by atoms with van der Waals surface area (Å²) in [5.41, 5.74) is 3.50. The van der Waals surface area contributed by atoms with Gasteiger partial charge in [-0.15, -0.1) is 6.58 Å². The van der Waals surface area contributed by atoms with E-state index < -0.39 is 12.0 Å². The van der Waals surface area contributed by atoms with E-state index >= 15 is 0 Å². The van der Waals surface area contributed by atoms with Crippen molar-refractivity contribution >= 4 is 16.9 Å². The number of allylic oxidation sites excluding steroid dienone is 2. The number of nitrogens with one attached hydrogen (secondary N) is 1. The normalized spacial score (nSPS) is 12.7. The smallest absolute Gasteiger partial charge is 0.284 e. The highest BCUT2D eigenvalue weighted by Crippen LogP contribution is 2.18. The number of hydrogen-bond acceptors (Lipinski definition) is 7. The number of fused-ring (bicyclic) bond motifs is 1. The molecule has 0 spiro atoms. The zero-order valence-corrected chi connectivity index (χ0v) is 16.5. The number of carbonyl (C=O) groups excluding carboxylic acids is 1. The Morgan fingerprint density at radius 2 is 2.17 bits per heavy atom. The number of phenolic OH excluding ortho intramolecular Hbond substituents is 1. The van der Waals surface area contributed by atoms with E-state index in [-0.39, 0.29) is 19.0 Å². The van der Waals surface area contributed by atoms with Gasteiger partial charge in [0, 0.05) is 6.07 Å². The van der Waals surface area contributed by atoms with Crippen LogP contribution in [0.2, 0.25) is 0 Å². The van der Waals surface area contributed by atoms with Gasteiger partial charge in [0.05, 0.1) is 23.8 Å². The molecule has 0 aliphatic heterocycles. The van der Waals surface area contributed by atoms with Crippen LogP contribution in [0.5, 0.6) is 11.6 Å². The van der Waals surface area contributed by atoms with Gasteiger partial charge in [-0.05, 0) is 43.7 Å². The molecule has 1 heterocycles. The molecule has 1 aromatic heterocycles. The summed E-state index contributed by atoms with van der Waals surface area (Å²) < 4.78 is 11.2. The molecule has 0 aliphatic rings. The first kappa shape index (κ1) is 21.9. The van der Waals surface area contributed by atoms with Gasteiger partial charge in [-0.2, -0.15) is 0 Å². The predicted molar refractivity (Wildman–Crippen MR) is 109 cm³/mol. The maximum absolute atomic E-state index is 11.9. The van der Waals surface area contributed by atoms with E-state index in [1.54, 1.807) is 31.2 Å². The molecule has 154 valence electrons. The third-order valence-corrected chi connectivity index (χ3v) is 3.57. The average Bonchev–Trinajstić information content (AvgIpc) is 2.71. The minimum atomic E-state index is -0.731. The van der Waals surface area contributed by atoms with E-state index in [1.807, 2.05) is 13.0 Å². The summed E-state index contributed by atoms with van der Waals surface area (Å²) in [6.07, 6.45) is 8.36. The fourth-order valence-electron chi connectivity index (χ4n) is 2.22. The Bertz CT molecular complexity index is 895. The second kappa shape index (κ2) is 11.5. The van der Waals surface area contributed by atoms with Crippen molar-refractivity contribution in [2.75, 3.05) is 13.2 Å². The quantitative estimate of drug-likeness (QED) is 0.197. The number of benzene rings is 1. The molecule has 0 saturated carbocycles. The third-order valence-electron chi connectivity index (χ3n) is 3.57. The zero-order valence-electron chi connectivity index (χ0n) is 16.5. The number of carbonyl (C=O) groups is 1. The molecule has 1 amide bonds. The maximum atomic E-state index is 11.9. The topological polar surface area (TPSA) is 103 Å². The minimum Gasteiger partial charge on any atom is -0.508 e. The molecule has 0 unspecified atom stereocenters. The highest BCUT2D eigenvalue weighted by molar-refractivity contribution is 5.79. The number of hydrogen-bond donors (Lipinski definition) is 2. The summed E-state index contributed by atoms with van der Waals surface area (Å²) in [5, 5.41) is 9.46. The van der Waals surface area contributed by atoms with Crippen LogP contribution in [-0.4, -0.2) is 40.3 Å². The van der Waals surface area contributed by atoms with E-state index in [0.29, 0.717) is 22.7 Å². The second-order valence-corrected chi connectivity index (χ2v) is 5.94. The van der Waals surface area contributed by atoms with E-state index in [0.717, 1.165) is 6.42 Å². The molecule has 1 atom stereocenters. The summed E-state index contributed by atoms with van der Waals surface area (Å²) in [6, 6.07) is 4.74. The van der Waals surface area contributed by atoms with Crippen LogP contribution in [0.3, 0.4) is 0 Å².